The zero-order valence-corrected chi connectivity index (χ0v) is 14.7. The van der Waals surface area contributed by atoms with E-state index in [0.29, 0.717) is 16.8 Å². The third-order valence-corrected chi connectivity index (χ3v) is 5.42. The minimum atomic E-state index is -0.359. The number of carbonyl (C=O) groups excluding carboxylic acids is 2. The van der Waals surface area contributed by atoms with Crippen molar-refractivity contribution in [2.45, 2.75) is 12.8 Å². The zero-order chi connectivity index (χ0) is 18.5. The predicted molar refractivity (Wildman–Crippen MR) is 105 cm³/mol. The Morgan fingerprint density at radius 1 is 0.815 bits per heavy atom. The van der Waals surface area contributed by atoms with Crippen LogP contribution in [0.5, 0.6) is 5.75 Å². The molecule has 0 aromatic heterocycles. The smallest absolute Gasteiger partial charge is 0.265 e. The van der Waals surface area contributed by atoms with Gasteiger partial charge >= 0.3 is 0 Å². The van der Waals surface area contributed by atoms with Crippen molar-refractivity contribution in [1.29, 1.82) is 0 Å². The second-order valence-electron chi connectivity index (χ2n) is 7.02. The van der Waals surface area contributed by atoms with Gasteiger partial charge in [-0.05, 0) is 43.2 Å². The van der Waals surface area contributed by atoms with Crippen molar-refractivity contribution in [3.05, 3.63) is 65.7 Å². The van der Waals surface area contributed by atoms with E-state index in [1.54, 1.807) is 18.2 Å². The van der Waals surface area contributed by atoms with Crippen LogP contribution in [0.2, 0.25) is 0 Å². The van der Waals surface area contributed by atoms with Crippen LogP contribution in [-0.2, 0) is 0 Å². The van der Waals surface area contributed by atoms with E-state index in [4.69, 9.17) is 0 Å². The maximum atomic E-state index is 13.2. The molecule has 2 heterocycles. The number of imide groups is 1. The molecule has 2 aliphatic rings. The number of hydrogen-bond acceptors (Lipinski definition) is 4. The van der Waals surface area contributed by atoms with E-state index < -0.39 is 0 Å². The molecule has 0 radical (unpaired) electrons. The molecule has 0 unspecified atom stereocenters. The molecule has 0 atom stereocenters. The molecule has 3 aromatic rings. The molecule has 1 saturated heterocycles. The van der Waals surface area contributed by atoms with E-state index in [1.807, 2.05) is 24.3 Å². The summed E-state index contributed by atoms with van der Waals surface area (Å²) in [6, 6.07) is 15.7. The first-order valence-corrected chi connectivity index (χ1v) is 9.13. The Balaban J connectivity index is 1.72. The van der Waals surface area contributed by atoms with E-state index in [2.05, 4.69) is 4.90 Å². The summed E-state index contributed by atoms with van der Waals surface area (Å²) in [6.45, 7) is 1.99. The first-order chi connectivity index (χ1) is 13.1. The van der Waals surface area contributed by atoms with Crippen LogP contribution in [-0.4, -0.2) is 30.0 Å². The number of amides is 2. The predicted octanol–water partition coefficient (Wildman–Crippen LogP) is 3.95. The number of phenolic OH excluding ortho intramolecular Hbond substituents is 1. The van der Waals surface area contributed by atoms with Crippen LogP contribution in [0, 0.1) is 0 Å². The molecule has 5 nitrogen and oxygen atoms in total. The molecule has 1 N–H and O–H groups in total. The number of phenols is 1. The highest BCUT2D eigenvalue weighted by atomic mass is 16.3. The standard InChI is InChI=1S/C22H18N2O3/c25-15-6-3-5-14(13-15)24-21(26)17-8-4-7-16-19(23-11-1-2-12-23)10-9-18(20(16)17)22(24)27/h3-10,13,25H,1-2,11-12H2. The summed E-state index contributed by atoms with van der Waals surface area (Å²) in [5, 5.41) is 11.4. The van der Waals surface area contributed by atoms with Gasteiger partial charge in [0.2, 0.25) is 0 Å². The van der Waals surface area contributed by atoms with E-state index in [0.717, 1.165) is 47.3 Å². The van der Waals surface area contributed by atoms with Crippen molar-refractivity contribution in [1.82, 2.24) is 0 Å². The lowest BCUT2D eigenvalue weighted by molar-refractivity contribution is 0.0893. The Kier molecular flexibility index (Phi) is 3.44. The second kappa shape index (κ2) is 5.84. The lowest BCUT2D eigenvalue weighted by atomic mass is 9.92. The first-order valence-electron chi connectivity index (χ1n) is 9.13. The summed E-state index contributed by atoms with van der Waals surface area (Å²) < 4.78 is 0. The van der Waals surface area contributed by atoms with Gasteiger partial charge in [0.1, 0.15) is 5.75 Å². The normalized spacial score (nSPS) is 16.4. The van der Waals surface area contributed by atoms with Crippen LogP contribution < -0.4 is 9.80 Å². The van der Waals surface area contributed by atoms with Gasteiger partial charge in [-0.1, -0.05) is 18.2 Å². The van der Waals surface area contributed by atoms with Crippen LogP contribution in [0.25, 0.3) is 10.8 Å². The highest BCUT2D eigenvalue weighted by Crippen LogP contribution is 2.38. The molecular weight excluding hydrogens is 340 g/mol. The fourth-order valence-corrected chi connectivity index (χ4v) is 4.18. The van der Waals surface area contributed by atoms with Crippen LogP contribution in [0.4, 0.5) is 11.4 Å². The molecule has 27 heavy (non-hydrogen) atoms. The van der Waals surface area contributed by atoms with Gasteiger partial charge in [-0.3, -0.25) is 9.59 Å². The molecule has 0 bridgehead atoms. The Labute approximate surface area is 156 Å². The molecule has 2 amide bonds. The van der Waals surface area contributed by atoms with Crippen molar-refractivity contribution >= 4 is 34.0 Å². The summed E-state index contributed by atoms with van der Waals surface area (Å²) in [6.07, 6.45) is 2.32. The van der Waals surface area contributed by atoms with Gasteiger partial charge in [0.25, 0.3) is 11.8 Å². The van der Waals surface area contributed by atoms with Gasteiger partial charge in [0.15, 0.2) is 0 Å². The van der Waals surface area contributed by atoms with Gasteiger partial charge in [-0.2, -0.15) is 0 Å². The van der Waals surface area contributed by atoms with Crippen LogP contribution in [0.1, 0.15) is 33.6 Å². The fourth-order valence-electron chi connectivity index (χ4n) is 4.18. The third kappa shape index (κ3) is 2.31. The molecule has 0 saturated carbocycles. The van der Waals surface area contributed by atoms with E-state index in [9.17, 15) is 14.7 Å². The number of carbonyl (C=O) groups is 2. The quantitative estimate of drug-likeness (QED) is 0.705. The highest BCUT2D eigenvalue weighted by molar-refractivity contribution is 6.36. The summed E-state index contributed by atoms with van der Waals surface area (Å²) in [7, 11) is 0. The number of benzene rings is 3. The molecule has 0 spiro atoms. The van der Waals surface area contributed by atoms with Crippen molar-refractivity contribution in [2.24, 2.45) is 0 Å². The Bertz CT molecular complexity index is 1080. The monoisotopic (exact) mass is 358 g/mol. The minimum absolute atomic E-state index is 0.0153. The largest absolute Gasteiger partial charge is 0.508 e. The molecule has 134 valence electrons. The molecule has 5 rings (SSSR count). The van der Waals surface area contributed by atoms with Crippen LogP contribution in [0.3, 0.4) is 0 Å². The molecule has 2 aliphatic heterocycles. The molecule has 5 heteroatoms. The number of rotatable bonds is 2. The van der Waals surface area contributed by atoms with E-state index in [1.165, 1.54) is 12.1 Å². The summed E-state index contributed by atoms with van der Waals surface area (Å²) in [5.41, 5.74) is 2.49. The van der Waals surface area contributed by atoms with Crippen LogP contribution >= 0.6 is 0 Å². The molecule has 1 fully saturated rings. The zero-order valence-electron chi connectivity index (χ0n) is 14.7. The lowest BCUT2D eigenvalue weighted by Gasteiger charge is -2.29. The van der Waals surface area contributed by atoms with Crippen LogP contribution in [0.15, 0.2) is 54.6 Å². The average Bonchev–Trinajstić information content (AvgIpc) is 3.20. The summed E-state index contributed by atoms with van der Waals surface area (Å²) in [5.74, 6) is -0.703. The average molecular weight is 358 g/mol. The molecular formula is C22H18N2O3. The molecule has 3 aromatic carbocycles. The van der Waals surface area contributed by atoms with Gasteiger partial charge in [0, 0.05) is 46.7 Å². The second-order valence-corrected chi connectivity index (χ2v) is 7.02. The Hall–Kier alpha value is -3.34. The van der Waals surface area contributed by atoms with Crippen molar-refractivity contribution in [2.75, 3.05) is 22.9 Å². The number of anilines is 2. The molecule has 0 aliphatic carbocycles. The Morgan fingerprint density at radius 3 is 2.26 bits per heavy atom. The highest BCUT2D eigenvalue weighted by Gasteiger charge is 2.35. The maximum Gasteiger partial charge on any atom is 0.265 e. The SMILES string of the molecule is O=C1c2cccc3c(N4CCCC4)ccc(c23)C(=O)N1c1cccc(O)c1. The number of aromatic hydroxyl groups is 1. The maximum absolute atomic E-state index is 13.2. The number of hydrogen-bond donors (Lipinski definition) is 1. The third-order valence-electron chi connectivity index (χ3n) is 5.42. The van der Waals surface area contributed by atoms with Gasteiger partial charge < -0.3 is 10.0 Å². The Morgan fingerprint density at radius 2 is 1.52 bits per heavy atom. The summed E-state index contributed by atoms with van der Waals surface area (Å²) in [4.78, 5) is 29.8. The van der Waals surface area contributed by atoms with Gasteiger partial charge in [-0.25, -0.2) is 4.90 Å². The topological polar surface area (TPSA) is 60.9 Å². The van der Waals surface area contributed by atoms with Gasteiger partial charge in [-0.15, -0.1) is 0 Å². The van der Waals surface area contributed by atoms with Crippen molar-refractivity contribution in [3.63, 3.8) is 0 Å². The van der Waals surface area contributed by atoms with Crippen molar-refractivity contribution < 1.29 is 14.7 Å². The van der Waals surface area contributed by atoms with Gasteiger partial charge in [0.05, 0.1) is 5.69 Å². The van der Waals surface area contributed by atoms with E-state index >= 15 is 0 Å². The lowest BCUT2D eigenvalue weighted by Crippen LogP contribution is -2.40. The fraction of sp³-hybridized carbons (Fsp3) is 0.182. The minimum Gasteiger partial charge on any atom is -0.508 e. The summed E-state index contributed by atoms with van der Waals surface area (Å²) >= 11 is 0. The van der Waals surface area contributed by atoms with Crippen molar-refractivity contribution in [3.8, 4) is 5.75 Å². The van der Waals surface area contributed by atoms with E-state index in [-0.39, 0.29) is 17.6 Å². The first kappa shape index (κ1) is 15.9. The number of nitrogens with zero attached hydrogens (tertiary/aromatic N) is 2.